The Kier molecular flexibility index (Phi) is 10.2. The van der Waals surface area contributed by atoms with Crippen molar-refractivity contribution in [3.63, 3.8) is 0 Å². The van der Waals surface area contributed by atoms with E-state index in [1.807, 2.05) is 26.0 Å². The van der Waals surface area contributed by atoms with E-state index in [0.29, 0.717) is 47.1 Å². The Hall–Kier alpha value is -2.38. The zero-order valence-corrected chi connectivity index (χ0v) is 20.2. The minimum absolute atomic E-state index is 0.107. The number of hydrogen-bond acceptors (Lipinski definition) is 6. The Bertz CT molecular complexity index is 964. The number of nitrogens with zero attached hydrogens (tertiary/aromatic N) is 1. The molecule has 0 bridgehead atoms. The van der Waals surface area contributed by atoms with Gasteiger partial charge in [0.25, 0.3) is 0 Å². The van der Waals surface area contributed by atoms with Gasteiger partial charge in [-0.2, -0.15) is 0 Å². The molecule has 0 aliphatic rings. The minimum atomic E-state index is -0.880. The molecule has 0 radical (unpaired) electrons. The number of carboxylic acid groups (broad SMARTS) is 1. The Balaban J connectivity index is 1.96. The largest absolute Gasteiger partial charge is 0.507 e. The molecule has 0 saturated heterocycles. The average Bonchev–Trinajstić information content (AvgIpc) is 2.78. The number of aromatic hydroxyl groups is 1. The maximum absolute atomic E-state index is 11.1. The zero-order valence-electron chi connectivity index (χ0n) is 18.6. The minimum Gasteiger partial charge on any atom is -0.507 e. The van der Waals surface area contributed by atoms with Crippen molar-refractivity contribution in [2.45, 2.75) is 57.3 Å². The van der Waals surface area contributed by atoms with Gasteiger partial charge in [-0.3, -0.25) is 4.79 Å². The second kappa shape index (κ2) is 12.6. The number of ether oxygens (including phenoxy) is 1. The molecule has 2 aromatic rings. The van der Waals surface area contributed by atoms with Gasteiger partial charge in [-0.05, 0) is 56.0 Å². The number of hydrogen-bond donors (Lipinski definition) is 3. The molecule has 0 saturated carbocycles. The average molecular weight is 480 g/mol. The van der Waals surface area contributed by atoms with E-state index in [2.05, 4.69) is 5.16 Å². The number of carboxylic acids is 1. The summed E-state index contributed by atoms with van der Waals surface area (Å²) in [4.78, 5) is 12.0. The molecule has 3 N–H and O–H groups in total. The number of carbonyl (C=O) groups is 1. The standard InChI is InChI=1S/C24H30ClNO5S/c1-4-7-18-21(10-9-17(23(18)27)20(5-2)26-30)31-12-6-13-32-22-11-8-16(14-19(22)25)15(3)24(28)29/h8-11,14-15,27,30H,4-7,12-13H2,1-3H3,(H,28,29). The predicted molar refractivity (Wildman–Crippen MR) is 129 cm³/mol. The van der Waals surface area contributed by atoms with E-state index < -0.39 is 11.9 Å². The van der Waals surface area contributed by atoms with Crippen LogP contribution in [0.15, 0.2) is 40.4 Å². The fourth-order valence-corrected chi connectivity index (χ4v) is 4.46. The lowest BCUT2D eigenvalue weighted by atomic mass is 9.99. The summed E-state index contributed by atoms with van der Waals surface area (Å²) in [5, 5.41) is 32.8. The number of aliphatic carboxylic acids is 1. The first-order chi connectivity index (χ1) is 15.3. The van der Waals surface area contributed by atoms with Crippen LogP contribution in [0.3, 0.4) is 0 Å². The van der Waals surface area contributed by atoms with Crippen LogP contribution < -0.4 is 4.74 Å². The van der Waals surface area contributed by atoms with Crippen molar-refractivity contribution in [1.29, 1.82) is 0 Å². The molecule has 0 heterocycles. The highest BCUT2D eigenvalue weighted by molar-refractivity contribution is 7.99. The number of thioether (sulfide) groups is 1. The Morgan fingerprint density at radius 3 is 2.59 bits per heavy atom. The third-order valence-electron chi connectivity index (χ3n) is 5.14. The third-order valence-corrected chi connectivity index (χ3v) is 6.72. The number of rotatable bonds is 12. The van der Waals surface area contributed by atoms with Crippen molar-refractivity contribution < 1.29 is 25.0 Å². The quantitative estimate of drug-likeness (QED) is 0.108. The van der Waals surface area contributed by atoms with Gasteiger partial charge in [-0.1, -0.05) is 43.1 Å². The monoisotopic (exact) mass is 479 g/mol. The van der Waals surface area contributed by atoms with Crippen LogP contribution in [0.4, 0.5) is 0 Å². The normalized spacial score (nSPS) is 12.6. The lowest BCUT2D eigenvalue weighted by Gasteiger charge is -2.16. The van der Waals surface area contributed by atoms with Crippen LogP contribution in [0.25, 0.3) is 0 Å². The van der Waals surface area contributed by atoms with Gasteiger partial charge in [-0.25, -0.2) is 0 Å². The molecule has 0 spiro atoms. The highest BCUT2D eigenvalue weighted by Crippen LogP contribution is 2.34. The predicted octanol–water partition coefficient (Wildman–Crippen LogP) is 6.34. The summed E-state index contributed by atoms with van der Waals surface area (Å²) in [7, 11) is 0. The molecule has 0 aliphatic heterocycles. The smallest absolute Gasteiger partial charge is 0.310 e. The third kappa shape index (κ3) is 6.56. The molecule has 32 heavy (non-hydrogen) atoms. The number of phenolic OH excluding ortho intramolecular Hbond substituents is 1. The molecule has 6 nitrogen and oxygen atoms in total. The van der Waals surface area contributed by atoms with Gasteiger partial charge in [0.2, 0.25) is 0 Å². The lowest BCUT2D eigenvalue weighted by Crippen LogP contribution is -2.07. The van der Waals surface area contributed by atoms with Crippen molar-refractivity contribution in [1.82, 2.24) is 0 Å². The number of benzene rings is 2. The summed E-state index contributed by atoms with van der Waals surface area (Å²) in [6, 6.07) is 8.89. The highest BCUT2D eigenvalue weighted by atomic mass is 35.5. The first kappa shape index (κ1) is 25.9. The summed E-state index contributed by atoms with van der Waals surface area (Å²) in [6.07, 6.45) is 2.77. The first-order valence-corrected chi connectivity index (χ1v) is 12.0. The van der Waals surface area contributed by atoms with Gasteiger partial charge < -0.3 is 20.2 Å². The van der Waals surface area contributed by atoms with E-state index in [-0.39, 0.29) is 5.75 Å². The highest BCUT2D eigenvalue weighted by Gasteiger charge is 2.17. The Morgan fingerprint density at radius 2 is 2.00 bits per heavy atom. The number of oxime groups is 1. The van der Waals surface area contributed by atoms with Crippen molar-refractivity contribution in [3.8, 4) is 11.5 Å². The van der Waals surface area contributed by atoms with Crippen LogP contribution >= 0.6 is 23.4 Å². The van der Waals surface area contributed by atoms with Crippen LogP contribution in [-0.2, 0) is 11.2 Å². The van der Waals surface area contributed by atoms with Crippen molar-refractivity contribution in [3.05, 3.63) is 52.0 Å². The van der Waals surface area contributed by atoms with Crippen LogP contribution in [0.5, 0.6) is 11.5 Å². The van der Waals surface area contributed by atoms with Gasteiger partial charge in [0, 0.05) is 21.8 Å². The molecule has 0 amide bonds. The lowest BCUT2D eigenvalue weighted by molar-refractivity contribution is -0.138. The Morgan fingerprint density at radius 1 is 1.25 bits per heavy atom. The topological polar surface area (TPSA) is 99.4 Å². The molecule has 174 valence electrons. The van der Waals surface area contributed by atoms with Gasteiger partial charge in [-0.15, -0.1) is 11.8 Å². The van der Waals surface area contributed by atoms with Crippen LogP contribution in [0.2, 0.25) is 5.02 Å². The maximum Gasteiger partial charge on any atom is 0.310 e. The summed E-state index contributed by atoms with van der Waals surface area (Å²) in [6.45, 7) is 6.00. The van der Waals surface area contributed by atoms with E-state index >= 15 is 0 Å². The summed E-state index contributed by atoms with van der Waals surface area (Å²) >= 11 is 7.91. The van der Waals surface area contributed by atoms with E-state index in [1.54, 1.807) is 36.9 Å². The van der Waals surface area contributed by atoms with Crippen LogP contribution in [0, 0.1) is 0 Å². The van der Waals surface area contributed by atoms with Crippen molar-refractivity contribution >= 4 is 35.0 Å². The van der Waals surface area contributed by atoms with Crippen LogP contribution in [0.1, 0.15) is 62.6 Å². The molecular weight excluding hydrogens is 450 g/mol. The molecule has 2 aromatic carbocycles. The number of halogens is 1. The summed E-state index contributed by atoms with van der Waals surface area (Å²) in [5.41, 5.74) is 2.36. The van der Waals surface area contributed by atoms with Gasteiger partial charge in [0.1, 0.15) is 11.5 Å². The van der Waals surface area contributed by atoms with E-state index in [9.17, 15) is 15.1 Å². The fraction of sp³-hybridized carbons (Fsp3) is 0.417. The number of phenols is 1. The van der Waals surface area contributed by atoms with E-state index in [0.717, 1.165) is 29.1 Å². The van der Waals surface area contributed by atoms with Crippen molar-refractivity contribution in [2.24, 2.45) is 5.16 Å². The van der Waals surface area contributed by atoms with Gasteiger partial charge >= 0.3 is 5.97 Å². The molecule has 0 aromatic heterocycles. The summed E-state index contributed by atoms with van der Waals surface area (Å²) < 4.78 is 5.94. The molecule has 1 atom stereocenters. The molecule has 2 rings (SSSR count). The second-order valence-corrected chi connectivity index (χ2v) is 8.93. The molecule has 0 fully saturated rings. The van der Waals surface area contributed by atoms with E-state index in [1.165, 1.54) is 0 Å². The second-order valence-electron chi connectivity index (χ2n) is 7.39. The van der Waals surface area contributed by atoms with Gasteiger partial charge in [0.15, 0.2) is 0 Å². The summed E-state index contributed by atoms with van der Waals surface area (Å²) in [5.74, 6) is 0.0388. The Labute approximate surface area is 198 Å². The molecule has 8 heteroatoms. The first-order valence-electron chi connectivity index (χ1n) is 10.7. The zero-order chi connectivity index (χ0) is 23.7. The fourth-order valence-electron chi connectivity index (χ4n) is 3.26. The van der Waals surface area contributed by atoms with Crippen LogP contribution in [-0.4, -0.2) is 39.5 Å². The van der Waals surface area contributed by atoms with E-state index in [4.69, 9.17) is 21.4 Å². The van der Waals surface area contributed by atoms with Crippen molar-refractivity contribution in [2.75, 3.05) is 12.4 Å². The van der Waals surface area contributed by atoms with Gasteiger partial charge in [0.05, 0.1) is 23.3 Å². The molecule has 0 aliphatic carbocycles. The molecular formula is C24H30ClNO5S. The molecule has 1 unspecified atom stereocenters. The SMILES string of the molecule is CCCc1c(OCCCSc2ccc(C(C)C(=O)O)cc2Cl)ccc(C(CC)=NO)c1O. The maximum atomic E-state index is 11.1.